The molecule has 8 nitrogen and oxygen atoms in total. The third kappa shape index (κ3) is 4.64. The van der Waals surface area contributed by atoms with Crippen molar-refractivity contribution in [2.45, 2.75) is 38.8 Å². The van der Waals surface area contributed by atoms with Gasteiger partial charge in [0.05, 0.1) is 30.3 Å². The second-order valence-electron chi connectivity index (χ2n) is 8.11. The molecule has 0 saturated carbocycles. The van der Waals surface area contributed by atoms with Crippen molar-refractivity contribution in [2.24, 2.45) is 0 Å². The molecular weight excluding hydrogens is 398 g/mol. The Balaban J connectivity index is 1.65. The fraction of sp³-hybridized carbons (Fsp3) is 0.550. The van der Waals surface area contributed by atoms with Crippen LogP contribution < -0.4 is 9.64 Å². The quantitative estimate of drug-likeness (QED) is 0.695. The van der Waals surface area contributed by atoms with E-state index in [9.17, 15) is 14.4 Å². The maximum absolute atomic E-state index is 13.0. The smallest absolute Gasteiger partial charge is 0.410 e. The van der Waals surface area contributed by atoms with Gasteiger partial charge in [0.15, 0.2) is 0 Å². The molecule has 2 saturated heterocycles. The molecule has 2 aliphatic rings. The highest BCUT2D eigenvalue weighted by atomic mass is 35.5. The number of anilines is 1. The molecule has 2 aliphatic heterocycles. The summed E-state index contributed by atoms with van der Waals surface area (Å²) in [5, 5.41) is 0.333. The number of piperazine rings is 1. The summed E-state index contributed by atoms with van der Waals surface area (Å²) in [5.41, 5.74) is -0.122. The number of halogens is 1. The Labute approximate surface area is 175 Å². The Morgan fingerprint density at radius 1 is 1.14 bits per heavy atom. The largest absolute Gasteiger partial charge is 0.495 e. The molecule has 0 spiro atoms. The van der Waals surface area contributed by atoms with E-state index in [0.29, 0.717) is 42.6 Å². The summed E-state index contributed by atoms with van der Waals surface area (Å²) in [6.07, 6.45) is -0.255. The van der Waals surface area contributed by atoms with Crippen molar-refractivity contribution in [1.82, 2.24) is 9.80 Å². The van der Waals surface area contributed by atoms with Gasteiger partial charge < -0.3 is 14.4 Å². The van der Waals surface area contributed by atoms with Gasteiger partial charge in [0.2, 0.25) is 5.91 Å². The summed E-state index contributed by atoms with van der Waals surface area (Å²) in [6.45, 7) is 7.36. The van der Waals surface area contributed by atoms with E-state index in [1.54, 1.807) is 23.1 Å². The molecule has 29 heavy (non-hydrogen) atoms. The van der Waals surface area contributed by atoms with E-state index in [-0.39, 0.29) is 24.3 Å². The number of methoxy groups -OCH3 is 1. The van der Waals surface area contributed by atoms with Crippen molar-refractivity contribution in [1.29, 1.82) is 0 Å². The van der Waals surface area contributed by atoms with Crippen LogP contribution in [0.3, 0.4) is 0 Å². The minimum absolute atomic E-state index is 0.106. The Kier molecular flexibility index (Phi) is 6.05. The first-order valence-electron chi connectivity index (χ1n) is 9.53. The minimum atomic E-state index is -0.553. The lowest BCUT2D eigenvalue weighted by Gasteiger charge is -2.37. The zero-order valence-corrected chi connectivity index (χ0v) is 17.9. The van der Waals surface area contributed by atoms with E-state index >= 15 is 0 Å². The zero-order chi connectivity index (χ0) is 21.3. The summed E-state index contributed by atoms with van der Waals surface area (Å²) in [7, 11) is 1.50. The number of rotatable bonds is 3. The van der Waals surface area contributed by atoms with Crippen LogP contribution in [0.4, 0.5) is 10.5 Å². The fourth-order valence-corrected chi connectivity index (χ4v) is 3.76. The number of hydrogen-bond acceptors (Lipinski definition) is 6. The number of amides is 3. The number of imide groups is 1. The van der Waals surface area contributed by atoms with Gasteiger partial charge in [-0.3, -0.25) is 14.5 Å². The summed E-state index contributed by atoms with van der Waals surface area (Å²) >= 11 is 6.15. The predicted octanol–water partition coefficient (Wildman–Crippen LogP) is 2.53. The topological polar surface area (TPSA) is 79.4 Å². The average molecular weight is 424 g/mol. The van der Waals surface area contributed by atoms with E-state index in [2.05, 4.69) is 0 Å². The lowest BCUT2D eigenvalue weighted by molar-refractivity contribution is -0.123. The van der Waals surface area contributed by atoms with Crippen molar-refractivity contribution in [3.05, 3.63) is 23.2 Å². The van der Waals surface area contributed by atoms with Crippen molar-refractivity contribution in [3.63, 3.8) is 0 Å². The average Bonchev–Trinajstić information content (AvgIpc) is 2.94. The minimum Gasteiger partial charge on any atom is -0.495 e. The molecule has 158 valence electrons. The normalized spacial score (nSPS) is 20.9. The van der Waals surface area contributed by atoms with Gasteiger partial charge in [-0.25, -0.2) is 9.69 Å². The highest BCUT2D eigenvalue weighted by Crippen LogP contribution is 2.32. The van der Waals surface area contributed by atoms with Gasteiger partial charge in [-0.1, -0.05) is 11.6 Å². The van der Waals surface area contributed by atoms with Gasteiger partial charge >= 0.3 is 6.09 Å². The zero-order valence-electron chi connectivity index (χ0n) is 17.1. The van der Waals surface area contributed by atoms with Crippen LogP contribution in [0.25, 0.3) is 0 Å². The van der Waals surface area contributed by atoms with Gasteiger partial charge in [-0.2, -0.15) is 0 Å². The van der Waals surface area contributed by atoms with Gasteiger partial charge in [-0.15, -0.1) is 0 Å². The number of ether oxygens (including phenoxy) is 2. The first kappa shape index (κ1) is 21.4. The van der Waals surface area contributed by atoms with E-state index in [1.165, 1.54) is 12.0 Å². The molecule has 2 fully saturated rings. The molecule has 1 atom stereocenters. The third-order valence-corrected chi connectivity index (χ3v) is 5.22. The van der Waals surface area contributed by atoms with Gasteiger partial charge in [0.25, 0.3) is 5.91 Å². The monoisotopic (exact) mass is 423 g/mol. The van der Waals surface area contributed by atoms with Gasteiger partial charge in [-0.05, 0) is 39.0 Å². The molecule has 0 radical (unpaired) electrons. The van der Waals surface area contributed by atoms with E-state index < -0.39 is 11.6 Å². The second kappa shape index (κ2) is 8.20. The highest BCUT2D eigenvalue weighted by molar-refractivity contribution is 6.33. The van der Waals surface area contributed by atoms with Crippen LogP contribution in [0.5, 0.6) is 5.75 Å². The SMILES string of the molecule is COc1ccc(N2C(=O)C[C@@H](N3CCN(C(=O)OC(C)(C)C)CC3)C2=O)cc1Cl. The van der Waals surface area contributed by atoms with Crippen LogP contribution in [0.15, 0.2) is 18.2 Å². The van der Waals surface area contributed by atoms with Crippen LogP contribution in [0, 0.1) is 0 Å². The highest BCUT2D eigenvalue weighted by Gasteiger charge is 2.44. The number of carbonyl (C=O) groups is 3. The number of nitrogens with zero attached hydrogens (tertiary/aromatic N) is 3. The van der Waals surface area contributed by atoms with Crippen LogP contribution >= 0.6 is 11.6 Å². The molecule has 2 heterocycles. The first-order chi connectivity index (χ1) is 13.6. The molecule has 0 aliphatic carbocycles. The van der Waals surface area contributed by atoms with Crippen LogP contribution in [0.2, 0.25) is 5.02 Å². The van der Waals surface area contributed by atoms with E-state index in [4.69, 9.17) is 21.1 Å². The Hall–Kier alpha value is -2.32. The van der Waals surface area contributed by atoms with Gasteiger partial charge in [0, 0.05) is 26.2 Å². The van der Waals surface area contributed by atoms with Crippen LogP contribution in [0.1, 0.15) is 27.2 Å². The standard InChI is InChI=1S/C20H26ClN3O5/c1-20(2,3)29-19(27)23-9-7-22(8-10-23)15-12-17(25)24(18(15)26)13-5-6-16(28-4)14(21)11-13/h5-6,11,15H,7-10,12H2,1-4H3/t15-/m1/s1. The summed E-state index contributed by atoms with van der Waals surface area (Å²) in [6, 6.07) is 4.29. The molecule has 1 aromatic rings. The van der Waals surface area contributed by atoms with Crippen molar-refractivity contribution in [3.8, 4) is 5.75 Å². The number of benzene rings is 1. The maximum atomic E-state index is 13.0. The maximum Gasteiger partial charge on any atom is 0.410 e. The number of carbonyl (C=O) groups excluding carboxylic acids is 3. The summed E-state index contributed by atoms with van der Waals surface area (Å²) < 4.78 is 10.5. The third-order valence-electron chi connectivity index (χ3n) is 4.92. The van der Waals surface area contributed by atoms with E-state index in [0.717, 1.165) is 0 Å². The summed E-state index contributed by atoms with van der Waals surface area (Å²) in [4.78, 5) is 42.5. The Morgan fingerprint density at radius 3 is 2.34 bits per heavy atom. The Bertz CT molecular complexity index is 815. The van der Waals surface area contributed by atoms with E-state index in [1.807, 2.05) is 25.7 Å². The van der Waals surface area contributed by atoms with Crippen molar-refractivity contribution >= 4 is 35.2 Å². The van der Waals surface area contributed by atoms with Gasteiger partial charge in [0.1, 0.15) is 11.4 Å². The van der Waals surface area contributed by atoms with Crippen LogP contribution in [-0.2, 0) is 14.3 Å². The summed E-state index contributed by atoms with van der Waals surface area (Å²) in [5.74, 6) is -0.0675. The van der Waals surface area contributed by atoms with Crippen LogP contribution in [-0.4, -0.2) is 72.6 Å². The Morgan fingerprint density at radius 2 is 1.79 bits per heavy atom. The predicted molar refractivity (Wildman–Crippen MR) is 108 cm³/mol. The lowest BCUT2D eigenvalue weighted by Crippen LogP contribution is -2.54. The molecule has 1 aromatic carbocycles. The molecular formula is C20H26ClN3O5. The first-order valence-corrected chi connectivity index (χ1v) is 9.91. The molecule has 3 rings (SSSR count). The second-order valence-corrected chi connectivity index (χ2v) is 8.52. The number of hydrogen-bond donors (Lipinski definition) is 0. The lowest BCUT2D eigenvalue weighted by atomic mass is 10.1. The molecule has 0 N–H and O–H groups in total. The molecule has 9 heteroatoms. The molecule has 3 amide bonds. The molecule has 0 aromatic heterocycles. The van der Waals surface area contributed by atoms with Crippen molar-refractivity contribution < 1.29 is 23.9 Å². The van der Waals surface area contributed by atoms with Crippen molar-refractivity contribution in [2.75, 3.05) is 38.2 Å². The molecule has 0 bridgehead atoms. The molecule has 0 unspecified atom stereocenters. The fourth-order valence-electron chi connectivity index (χ4n) is 3.51.